The summed E-state index contributed by atoms with van der Waals surface area (Å²) in [6, 6.07) is 2.08. The van der Waals surface area contributed by atoms with E-state index in [2.05, 4.69) is 29.8 Å². The fourth-order valence-corrected chi connectivity index (χ4v) is 3.45. The molecule has 3 N–H and O–H groups in total. The maximum Gasteiger partial charge on any atom is 0.330 e. The number of nitrogens with zero attached hydrogens (tertiary/aromatic N) is 1. The largest absolute Gasteiger partial charge is 0.463 e. The van der Waals surface area contributed by atoms with Crippen LogP contribution in [0.5, 0.6) is 0 Å². The first-order chi connectivity index (χ1) is 16.7. The van der Waals surface area contributed by atoms with E-state index in [1.165, 1.54) is 29.8 Å². The molecule has 0 bridgehead atoms. The molecule has 0 unspecified atom stereocenters. The van der Waals surface area contributed by atoms with E-state index >= 15 is 0 Å². The number of pyridine rings is 1. The summed E-state index contributed by atoms with van der Waals surface area (Å²) >= 11 is 0. The average molecular weight is 491 g/mol. The first-order valence-electron chi connectivity index (χ1n) is 12.1. The van der Waals surface area contributed by atoms with E-state index in [-0.39, 0.29) is 31.2 Å². The van der Waals surface area contributed by atoms with Crippen molar-refractivity contribution in [3.05, 3.63) is 40.8 Å². The monoisotopic (exact) mass is 490 g/mol. The van der Waals surface area contributed by atoms with E-state index in [1.54, 1.807) is 19.1 Å². The zero-order valence-electron chi connectivity index (χ0n) is 21.1. The minimum atomic E-state index is -0.916. The fraction of sp³-hybridized carbons (Fsp3) is 0.560. The number of allylic oxidation sites excluding steroid dienone is 1. The molecule has 0 aliphatic carbocycles. The van der Waals surface area contributed by atoms with Crippen molar-refractivity contribution in [2.75, 3.05) is 18.5 Å². The van der Waals surface area contributed by atoms with Crippen LogP contribution < -0.4 is 21.5 Å². The predicted molar refractivity (Wildman–Crippen MR) is 134 cm³/mol. The Morgan fingerprint density at radius 1 is 1.11 bits per heavy atom. The smallest absolute Gasteiger partial charge is 0.330 e. The SMILES string of the molecule is CCOC(=O)/C=C/CC[C@H](NC(C)=O)C(=O)Nc1cccn(CC(=O)NCCC(CC)CC)c1=O. The third-order valence-electron chi connectivity index (χ3n) is 5.48. The summed E-state index contributed by atoms with van der Waals surface area (Å²) in [5, 5.41) is 7.91. The van der Waals surface area contributed by atoms with Crippen LogP contribution in [0.1, 0.15) is 59.8 Å². The molecule has 3 amide bonds. The van der Waals surface area contributed by atoms with Crippen LogP contribution >= 0.6 is 0 Å². The molecule has 1 atom stereocenters. The van der Waals surface area contributed by atoms with Gasteiger partial charge in [0.25, 0.3) is 5.56 Å². The summed E-state index contributed by atoms with van der Waals surface area (Å²) in [4.78, 5) is 60.7. The minimum absolute atomic E-state index is 0.000234. The van der Waals surface area contributed by atoms with E-state index < -0.39 is 29.4 Å². The van der Waals surface area contributed by atoms with E-state index in [1.807, 2.05) is 0 Å². The zero-order valence-corrected chi connectivity index (χ0v) is 21.1. The van der Waals surface area contributed by atoms with Gasteiger partial charge in [-0.05, 0) is 44.2 Å². The van der Waals surface area contributed by atoms with Crippen molar-refractivity contribution in [2.45, 2.75) is 72.4 Å². The highest BCUT2D eigenvalue weighted by Gasteiger charge is 2.20. The molecule has 35 heavy (non-hydrogen) atoms. The Bertz CT molecular complexity index is 936. The van der Waals surface area contributed by atoms with Crippen LogP contribution in [0.4, 0.5) is 5.69 Å². The first-order valence-corrected chi connectivity index (χ1v) is 12.1. The Labute approximate surface area is 206 Å². The van der Waals surface area contributed by atoms with Gasteiger partial charge in [0.05, 0.1) is 6.61 Å². The second kappa shape index (κ2) is 16.2. The second-order valence-corrected chi connectivity index (χ2v) is 8.15. The van der Waals surface area contributed by atoms with Gasteiger partial charge >= 0.3 is 5.97 Å². The molecule has 1 heterocycles. The zero-order chi connectivity index (χ0) is 26.2. The quantitative estimate of drug-likeness (QED) is 0.255. The number of rotatable bonds is 15. The number of esters is 1. The van der Waals surface area contributed by atoms with Crippen molar-refractivity contribution in [1.29, 1.82) is 0 Å². The van der Waals surface area contributed by atoms with E-state index in [0.717, 1.165) is 19.3 Å². The second-order valence-electron chi connectivity index (χ2n) is 8.15. The van der Waals surface area contributed by atoms with E-state index in [4.69, 9.17) is 4.74 Å². The summed E-state index contributed by atoms with van der Waals surface area (Å²) in [7, 11) is 0. The molecule has 0 aliphatic rings. The molecule has 0 saturated heterocycles. The van der Waals surface area contributed by atoms with Crippen LogP contribution in [-0.2, 0) is 30.5 Å². The number of anilines is 1. The Morgan fingerprint density at radius 3 is 2.46 bits per heavy atom. The molecular weight excluding hydrogens is 452 g/mol. The topological polar surface area (TPSA) is 136 Å². The van der Waals surface area contributed by atoms with Crippen LogP contribution in [0.15, 0.2) is 35.3 Å². The highest BCUT2D eigenvalue weighted by Crippen LogP contribution is 2.11. The number of aromatic nitrogens is 1. The maximum atomic E-state index is 12.8. The standard InChI is InChI=1S/C25H38N4O6/c1-5-19(6-2)14-15-26-22(31)17-29-16-10-12-21(25(29)34)28-24(33)20(27-18(4)30)11-8-9-13-23(32)35-7-3/h9-10,12-13,16,19-20H,5-8,11,14-15,17H2,1-4H3,(H,26,31)(H,27,30)(H,28,33)/b13-9+/t20-/m0/s1. The number of nitrogens with one attached hydrogen (secondary N) is 3. The number of amides is 3. The van der Waals surface area contributed by atoms with Gasteiger partial charge in [0.1, 0.15) is 18.3 Å². The molecule has 10 nitrogen and oxygen atoms in total. The molecule has 0 radical (unpaired) electrons. The fourth-order valence-electron chi connectivity index (χ4n) is 3.45. The van der Waals surface area contributed by atoms with Gasteiger partial charge in [0.2, 0.25) is 17.7 Å². The summed E-state index contributed by atoms with van der Waals surface area (Å²) in [6.45, 7) is 7.85. The van der Waals surface area contributed by atoms with Crippen LogP contribution in [-0.4, -0.2) is 47.5 Å². The summed E-state index contributed by atoms with van der Waals surface area (Å²) in [6.07, 6.45) is 7.81. The molecule has 0 saturated carbocycles. The van der Waals surface area contributed by atoms with Crippen LogP contribution in [0.3, 0.4) is 0 Å². The van der Waals surface area contributed by atoms with Gasteiger partial charge in [-0.2, -0.15) is 0 Å². The lowest BCUT2D eigenvalue weighted by Crippen LogP contribution is -2.43. The van der Waals surface area contributed by atoms with Crippen LogP contribution in [0, 0.1) is 5.92 Å². The van der Waals surface area contributed by atoms with Gasteiger partial charge in [0, 0.05) is 25.7 Å². The van der Waals surface area contributed by atoms with Crippen molar-refractivity contribution in [1.82, 2.24) is 15.2 Å². The Hall–Kier alpha value is -3.43. The van der Waals surface area contributed by atoms with Crippen LogP contribution in [0.2, 0.25) is 0 Å². The van der Waals surface area contributed by atoms with Crippen molar-refractivity contribution in [2.24, 2.45) is 5.92 Å². The molecule has 0 aromatic carbocycles. The van der Waals surface area contributed by atoms with Gasteiger partial charge in [0.15, 0.2) is 0 Å². The summed E-state index contributed by atoms with van der Waals surface area (Å²) in [5.41, 5.74) is -0.528. The van der Waals surface area contributed by atoms with Crippen LogP contribution in [0.25, 0.3) is 0 Å². The van der Waals surface area contributed by atoms with Crippen molar-refractivity contribution in [3.63, 3.8) is 0 Å². The molecule has 10 heteroatoms. The molecule has 0 fully saturated rings. The predicted octanol–water partition coefficient (Wildman–Crippen LogP) is 2.13. The summed E-state index contributed by atoms with van der Waals surface area (Å²) < 4.78 is 6.01. The van der Waals surface area contributed by atoms with Gasteiger partial charge < -0.3 is 25.3 Å². The number of carbonyl (C=O) groups excluding carboxylic acids is 4. The van der Waals surface area contributed by atoms with E-state index in [0.29, 0.717) is 18.9 Å². The number of carbonyl (C=O) groups is 4. The van der Waals surface area contributed by atoms with E-state index in [9.17, 15) is 24.0 Å². The summed E-state index contributed by atoms with van der Waals surface area (Å²) in [5.74, 6) is -1.21. The molecule has 194 valence electrons. The van der Waals surface area contributed by atoms with Gasteiger partial charge in [-0.25, -0.2) is 4.79 Å². The lowest BCUT2D eigenvalue weighted by atomic mass is 10.00. The van der Waals surface area contributed by atoms with Crippen molar-refractivity contribution >= 4 is 29.4 Å². The molecule has 1 aromatic rings. The number of ether oxygens (including phenoxy) is 1. The Kier molecular flexibility index (Phi) is 13.7. The number of hydrogen-bond acceptors (Lipinski definition) is 6. The third kappa shape index (κ3) is 11.5. The Balaban J connectivity index is 2.77. The average Bonchev–Trinajstić information content (AvgIpc) is 2.81. The molecular formula is C25H38N4O6. The normalized spacial score (nSPS) is 11.8. The van der Waals surface area contributed by atoms with Crippen molar-refractivity contribution in [3.8, 4) is 0 Å². The van der Waals surface area contributed by atoms with Crippen molar-refractivity contribution < 1.29 is 23.9 Å². The molecule has 0 aliphatic heterocycles. The van der Waals surface area contributed by atoms with Gasteiger partial charge in [-0.1, -0.05) is 32.8 Å². The lowest BCUT2D eigenvalue weighted by molar-refractivity contribution is -0.137. The minimum Gasteiger partial charge on any atom is -0.463 e. The third-order valence-corrected chi connectivity index (χ3v) is 5.48. The van der Waals surface area contributed by atoms with Gasteiger partial charge in [-0.3, -0.25) is 19.2 Å². The number of hydrogen-bond donors (Lipinski definition) is 3. The lowest BCUT2D eigenvalue weighted by Gasteiger charge is -2.17. The van der Waals surface area contributed by atoms with Gasteiger partial charge in [-0.15, -0.1) is 0 Å². The Morgan fingerprint density at radius 2 is 1.83 bits per heavy atom. The maximum absolute atomic E-state index is 12.8. The highest BCUT2D eigenvalue weighted by atomic mass is 16.5. The first kappa shape index (κ1) is 29.6. The highest BCUT2D eigenvalue weighted by molar-refractivity contribution is 5.96. The molecule has 1 rings (SSSR count). The molecule has 1 aromatic heterocycles. The molecule has 0 spiro atoms.